The lowest BCUT2D eigenvalue weighted by molar-refractivity contribution is -0.384. The van der Waals surface area contributed by atoms with Crippen molar-refractivity contribution in [2.24, 2.45) is 0 Å². The molecule has 0 aliphatic heterocycles. The van der Waals surface area contributed by atoms with Gasteiger partial charge in [-0.25, -0.2) is 4.98 Å². The van der Waals surface area contributed by atoms with Gasteiger partial charge in [0, 0.05) is 6.54 Å². The van der Waals surface area contributed by atoms with Gasteiger partial charge in [-0.2, -0.15) is 15.5 Å². The lowest BCUT2D eigenvalue weighted by Gasteiger charge is -2.17. The fourth-order valence-electron chi connectivity index (χ4n) is 1.43. The average Bonchev–Trinajstić information content (AvgIpc) is 2.44. The lowest BCUT2D eigenvalue weighted by Crippen LogP contribution is -2.26. The summed E-state index contributed by atoms with van der Waals surface area (Å²) >= 11 is 0. The van der Waals surface area contributed by atoms with Crippen LogP contribution in [-0.2, 0) is 0 Å². The van der Waals surface area contributed by atoms with Crippen LogP contribution in [0.1, 0.15) is 13.3 Å². The number of hydrogen-bond donors (Lipinski definition) is 1. The second kappa shape index (κ2) is 7.48. The Hall–Kier alpha value is -2.94. The Labute approximate surface area is 115 Å². The standard InChI is InChI=1S/C11H13N7O2/c1-2-5-14-11-15-8-9(18(19)20)10(16-11)17(6-3-12)7-4-13/h8H,2,5-7H2,1H3,(H,14,15,16). The van der Waals surface area contributed by atoms with E-state index in [0.29, 0.717) is 6.54 Å². The normalized spacial score (nSPS) is 9.35. The van der Waals surface area contributed by atoms with Crippen LogP contribution < -0.4 is 10.2 Å². The van der Waals surface area contributed by atoms with Crippen LogP contribution in [-0.4, -0.2) is 34.5 Å². The largest absolute Gasteiger partial charge is 0.354 e. The number of anilines is 2. The molecule has 0 saturated heterocycles. The van der Waals surface area contributed by atoms with E-state index in [1.807, 2.05) is 19.1 Å². The van der Waals surface area contributed by atoms with Crippen LogP contribution in [0.4, 0.5) is 17.5 Å². The number of nitrogens with zero attached hydrogens (tertiary/aromatic N) is 6. The van der Waals surface area contributed by atoms with Gasteiger partial charge in [0.1, 0.15) is 19.3 Å². The van der Waals surface area contributed by atoms with Crippen LogP contribution in [0.5, 0.6) is 0 Å². The highest BCUT2D eigenvalue weighted by atomic mass is 16.6. The summed E-state index contributed by atoms with van der Waals surface area (Å²) < 4.78 is 0. The van der Waals surface area contributed by atoms with Crippen LogP contribution >= 0.6 is 0 Å². The van der Waals surface area contributed by atoms with Crippen LogP contribution in [0.25, 0.3) is 0 Å². The summed E-state index contributed by atoms with van der Waals surface area (Å²) in [5.41, 5.74) is -0.336. The summed E-state index contributed by atoms with van der Waals surface area (Å²) in [5, 5.41) is 31.3. The van der Waals surface area contributed by atoms with Crippen LogP contribution in [0.15, 0.2) is 6.20 Å². The zero-order valence-electron chi connectivity index (χ0n) is 10.9. The van der Waals surface area contributed by atoms with Gasteiger partial charge in [0.15, 0.2) is 0 Å². The number of nitriles is 2. The zero-order chi connectivity index (χ0) is 15.0. The molecule has 0 aromatic carbocycles. The Bertz CT molecular complexity index is 545. The fraction of sp³-hybridized carbons (Fsp3) is 0.455. The summed E-state index contributed by atoms with van der Waals surface area (Å²) in [5.74, 6) is 0.194. The molecular weight excluding hydrogens is 262 g/mol. The van der Waals surface area contributed by atoms with Gasteiger partial charge in [-0.05, 0) is 6.42 Å². The average molecular weight is 275 g/mol. The first-order valence-corrected chi connectivity index (χ1v) is 5.88. The molecule has 0 saturated carbocycles. The molecule has 0 unspecified atom stereocenters. The molecule has 0 atom stereocenters. The minimum absolute atomic E-state index is 0.0355. The Morgan fingerprint density at radius 2 is 2.10 bits per heavy atom. The number of nitro groups is 1. The van der Waals surface area contributed by atoms with E-state index in [2.05, 4.69) is 15.3 Å². The van der Waals surface area contributed by atoms with Crippen molar-refractivity contribution < 1.29 is 4.92 Å². The smallest absolute Gasteiger partial charge is 0.329 e. The van der Waals surface area contributed by atoms with Gasteiger partial charge in [0.25, 0.3) is 0 Å². The summed E-state index contributed by atoms with van der Waals surface area (Å²) in [4.78, 5) is 19.4. The molecule has 9 nitrogen and oxygen atoms in total. The molecule has 0 radical (unpaired) electrons. The van der Waals surface area contributed by atoms with Gasteiger partial charge in [-0.1, -0.05) is 6.92 Å². The maximum absolute atomic E-state index is 11.0. The molecule has 1 N–H and O–H groups in total. The number of aromatic nitrogens is 2. The van der Waals surface area contributed by atoms with E-state index in [-0.39, 0.29) is 30.5 Å². The highest BCUT2D eigenvalue weighted by Crippen LogP contribution is 2.25. The molecule has 0 amide bonds. The Morgan fingerprint density at radius 3 is 2.60 bits per heavy atom. The van der Waals surface area contributed by atoms with Crippen LogP contribution in [0, 0.1) is 32.8 Å². The molecule has 0 aliphatic rings. The van der Waals surface area contributed by atoms with Crippen LogP contribution in [0.3, 0.4) is 0 Å². The van der Waals surface area contributed by atoms with Gasteiger partial charge in [0.05, 0.1) is 17.1 Å². The highest BCUT2D eigenvalue weighted by Gasteiger charge is 2.22. The summed E-state index contributed by atoms with van der Waals surface area (Å²) in [7, 11) is 0. The second-order valence-corrected chi connectivity index (χ2v) is 3.76. The summed E-state index contributed by atoms with van der Waals surface area (Å²) in [6.45, 7) is 2.24. The first kappa shape index (κ1) is 15.1. The van der Waals surface area contributed by atoms with Crippen molar-refractivity contribution in [3.8, 4) is 12.1 Å². The van der Waals surface area contributed by atoms with Crippen molar-refractivity contribution in [2.75, 3.05) is 29.9 Å². The van der Waals surface area contributed by atoms with E-state index in [1.165, 1.54) is 4.90 Å². The van der Waals surface area contributed by atoms with Crippen molar-refractivity contribution in [1.82, 2.24) is 9.97 Å². The SMILES string of the molecule is CCCNc1ncc([N+](=O)[O-])c(N(CC#N)CC#N)n1. The Kier molecular flexibility index (Phi) is 5.66. The van der Waals surface area contributed by atoms with Crippen molar-refractivity contribution in [3.05, 3.63) is 16.3 Å². The van der Waals surface area contributed by atoms with E-state index in [9.17, 15) is 10.1 Å². The maximum atomic E-state index is 11.0. The van der Waals surface area contributed by atoms with Gasteiger partial charge in [-0.3, -0.25) is 10.1 Å². The van der Waals surface area contributed by atoms with Crippen molar-refractivity contribution >= 4 is 17.5 Å². The van der Waals surface area contributed by atoms with Gasteiger partial charge in [0.2, 0.25) is 11.8 Å². The van der Waals surface area contributed by atoms with E-state index >= 15 is 0 Å². The Morgan fingerprint density at radius 1 is 1.45 bits per heavy atom. The summed E-state index contributed by atoms with van der Waals surface area (Å²) in [6, 6.07) is 3.70. The molecule has 0 fully saturated rings. The molecule has 0 bridgehead atoms. The highest BCUT2D eigenvalue weighted by molar-refractivity contribution is 5.59. The quantitative estimate of drug-likeness (QED) is 0.443. The molecule has 1 aromatic heterocycles. The van der Waals surface area contributed by atoms with E-state index in [1.54, 1.807) is 0 Å². The number of rotatable bonds is 7. The molecule has 1 rings (SSSR count). The Balaban J connectivity index is 3.19. The molecule has 0 spiro atoms. The number of nitrogens with one attached hydrogen (secondary N) is 1. The third-order valence-electron chi connectivity index (χ3n) is 2.30. The molecule has 104 valence electrons. The molecule has 9 heteroatoms. The lowest BCUT2D eigenvalue weighted by atomic mass is 10.4. The van der Waals surface area contributed by atoms with E-state index < -0.39 is 4.92 Å². The minimum Gasteiger partial charge on any atom is -0.354 e. The number of hydrogen-bond acceptors (Lipinski definition) is 8. The van der Waals surface area contributed by atoms with Gasteiger partial charge >= 0.3 is 5.69 Å². The molecule has 1 heterocycles. The van der Waals surface area contributed by atoms with Crippen molar-refractivity contribution in [3.63, 3.8) is 0 Å². The van der Waals surface area contributed by atoms with E-state index in [0.717, 1.165) is 12.6 Å². The second-order valence-electron chi connectivity index (χ2n) is 3.76. The molecule has 20 heavy (non-hydrogen) atoms. The third kappa shape index (κ3) is 3.78. The molecule has 1 aromatic rings. The monoisotopic (exact) mass is 275 g/mol. The minimum atomic E-state index is -0.638. The summed E-state index contributed by atoms with van der Waals surface area (Å²) in [6.07, 6.45) is 1.91. The van der Waals surface area contributed by atoms with E-state index in [4.69, 9.17) is 10.5 Å². The zero-order valence-corrected chi connectivity index (χ0v) is 10.9. The maximum Gasteiger partial charge on any atom is 0.329 e. The predicted molar refractivity (Wildman–Crippen MR) is 70.9 cm³/mol. The molecular formula is C11H13N7O2. The van der Waals surface area contributed by atoms with Crippen LogP contribution in [0.2, 0.25) is 0 Å². The van der Waals surface area contributed by atoms with Crippen molar-refractivity contribution in [1.29, 1.82) is 10.5 Å². The fourth-order valence-corrected chi connectivity index (χ4v) is 1.43. The molecule has 0 aliphatic carbocycles. The first-order valence-electron chi connectivity index (χ1n) is 5.88. The topological polar surface area (TPSA) is 132 Å². The third-order valence-corrected chi connectivity index (χ3v) is 2.30. The first-order chi connectivity index (χ1) is 9.63. The van der Waals surface area contributed by atoms with Crippen molar-refractivity contribution in [2.45, 2.75) is 13.3 Å². The predicted octanol–water partition coefficient (Wildman–Crippen LogP) is 1.06. The van der Waals surface area contributed by atoms with Gasteiger partial charge in [-0.15, -0.1) is 0 Å². The van der Waals surface area contributed by atoms with Gasteiger partial charge < -0.3 is 10.2 Å².